The molecule has 21 heavy (non-hydrogen) atoms. The summed E-state index contributed by atoms with van der Waals surface area (Å²) in [6.07, 6.45) is 1.97. The lowest BCUT2D eigenvalue weighted by Crippen LogP contribution is -2.48. The lowest BCUT2D eigenvalue weighted by Gasteiger charge is -2.31. The minimum absolute atomic E-state index is 0.105. The van der Waals surface area contributed by atoms with Crippen molar-refractivity contribution in [3.05, 3.63) is 35.9 Å². The highest BCUT2D eigenvalue weighted by atomic mass is 16.3. The summed E-state index contributed by atoms with van der Waals surface area (Å²) in [5.41, 5.74) is 0.913. The van der Waals surface area contributed by atoms with Gasteiger partial charge < -0.3 is 20.6 Å². The predicted octanol–water partition coefficient (Wildman–Crippen LogP) is 1.50. The number of aliphatic hydroxyl groups is 1. The maximum absolute atomic E-state index is 12.1. The molecule has 2 amide bonds. The zero-order valence-electron chi connectivity index (χ0n) is 12.6. The van der Waals surface area contributed by atoms with Gasteiger partial charge in [-0.1, -0.05) is 37.3 Å². The van der Waals surface area contributed by atoms with Crippen LogP contribution in [0.15, 0.2) is 30.3 Å². The normalized spacial score (nSPS) is 18.2. The summed E-state index contributed by atoms with van der Waals surface area (Å²) < 4.78 is 0. The van der Waals surface area contributed by atoms with Crippen LogP contribution in [0.3, 0.4) is 0 Å². The first-order valence-electron chi connectivity index (χ1n) is 7.68. The van der Waals surface area contributed by atoms with E-state index < -0.39 is 0 Å². The van der Waals surface area contributed by atoms with Gasteiger partial charge in [0.25, 0.3) is 0 Å². The lowest BCUT2D eigenvalue weighted by atomic mass is 10.1. The van der Waals surface area contributed by atoms with Crippen molar-refractivity contribution in [2.24, 2.45) is 0 Å². The Bertz CT molecular complexity index is 430. The van der Waals surface area contributed by atoms with Crippen LogP contribution >= 0.6 is 0 Å². The van der Waals surface area contributed by atoms with Gasteiger partial charge in [-0.15, -0.1) is 0 Å². The van der Waals surface area contributed by atoms with Crippen molar-refractivity contribution < 1.29 is 9.90 Å². The third kappa shape index (κ3) is 4.72. The molecule has 2 rings (SSSR count). The molecule has 0 spiro atoms. The van der Waals surface area contributed by atoms with E-state index in [0.29, 0.717) is 0 Å². The Balaban J connectivity index is 1.81. The molecule has 3 N–H and O–H groups in total. The van der Waals surface area contributed by atoms with Crippen molar-refractivity contribution in [3.63, 3.8) is 0 Å². The van der Waals surface area contributed by atoms with Crippen LogP contribution in [0.25, 0.3) is 0 Å². The Morgan fingerprint density at radius 3 is 2.57 bits per heavy atom. The lowest BCUT2D eigenvalue weighted by molar-refractivity contribution is 0.191. The summed E-state index contributed by atoms with van der Waals surface area (Å²) in [5, 5.41) is 15.3. The number of rotatable bonds is 5. The molecule has 116 valence electrons. The summed E-state index contributed by atoms with van der Waals surface area (Å²) in [4.78, 5) is 14.4. The first-order valence-corrected chi connectivity index (χ1v) is 7.68. The van der Waals surface area contributed by atoms with Crippen LogP contribution in [-0.2, 0) is 0 Å². The van der Waals surface area contributed by atoms with Crippen molar-refractivity contribution >= 4 is 6.03 Å². The standard InChI is InChI=1S/C16H25N3O2/c1-2-19-10-8-14(9-11-19)17-16(21)18-15(12-20)13-6-4-3-5-7-13/h3-7,14-15,20H,2,8-12H2,1H3,(H2,17,18,21)/t15-/m1/s1. The fraction of sp³-hybridized carbons (Fsp3) is 0.562. The van der Waals surface area contributed by atoms with Gasteiger partial charge in [-0.2, -0.15) is 0 Å². The largest absolute Gasteiger partial charge is 0.394 e. The van der Waals surface area contributed by atoms with Crippen molar-refractivity contribution in [2.75, 3.05) is 26.2 Å². The molecule has 0 unspecified atom stereocenters. The average Bonchev–Trinajstić information content (AvgIpc) is 2.54. The summed E-state index contributed by atoms with van der Waals surface area (Å²) in [6, 6.07) is 9.19. The predicted molar refractivity (Wildman–Crippen MR) is 83.1 cm³/mol. The van der Waals surface area contributed by atoms with E-state index in [1.54, 1.807) is 0 Å². The molecule has 0 aliphatic carbocycles. The summed E-state index contributed by atoms with van der Waals surface area (Å²) >= 11 is 0. The zero-order valence-corrected chi connectivity index (χ0v) is 12.6. The number of benzene rings is 1. The van der Waals surface area contributed by atoms with Gasteiger partial charge in [0, 0.05) is 19.1 Å². The smallest absolute Gasteiger partial charge is 0.315 e. The number of nitrogens with one attached hydrogen (secondary N) is 2. The van der Waals surface area contributed by atoms with Gasteiger partial charge >= 0.3 is 6.03 Å². The molecule has 1 heterocycles. The highest BCUT2D eigenvalue weighted by Crippen LogP contribution is 2.12. The Morgan fingerprint density at radius 1 is 1.33 bits per heavy atom. The SMILES string of the molecule is CCN1CCC(NC(=O)N[C@H](CO)c2ccccc2)CC1. The molecule has 1 aromatic carbocycles. The number of carbonyl (C=O) groups is 1. The second-order valence-corrected chi connectivity index (χ2v) is 5.47. The van der Waals surface area contributed by atoms with E-state index in [1.807, 2.05) is 30.3 Å². The molecular weight excluding hydrogens is 266 g/mol. The van der Waals surface area contributed by atoms with Gasteiger partial charge in [-0.05, 0) is 24.9 Å². The Morgan fingerprint density at radius 2 is 2.00 bits per heavy atom. The van der Waals surface area contributed by atoms with E-state index in [2.05, 4.69) is 22.5 Å². The topological polar surface area (TPSA) is 64.6 Å². The van der Waals surface area contributed by atoms with Crippen LogP contribution in [0.5, 0.6) is 0 Å². The molecule has 5 heteroatoms. The zero-order chi connectivity index (χ0) is 15.1. The molecule has 1 aliphatic rings. The molecule has 1 saturated heterocycles. The van der Waals surface area contributed by atoms with Crippen molar-refractivity contribution in [2.45, 2.75) is 31.8 Å². The number of carbonyl (C=O) groups excluding carboxylic acids is 1. The molecule has 0 aromatic heterocycles. The Hall–Kier alpha value is -1.59. The van der Waals surface area contributed by atoms with Crippen LogP contribution in [0.1, 0.15) is 31.4 Å². The third-order valence-corrected chi connectivity index (χ3v) is 4.06. The first-order chi connectivity index (χ1) is 10.2. The van der Waals surface area contributed by atoms with Crippen LogP contribution in [0, 0.1) is 0 Å². The maximum Gasteiger partial charge on any atom is 0.315 e. The number of piperidine rings is 1. The molecule has 5 nitrogen and oxygen atoms in total. The first kappa shape index (κ1) is 15.8. The quantitative estimate of drug-likeness (QED) is 0.770. The number of amides is 2. The molecule has 1 atom stereocenters. The highest BCUT2D eigenvalue weighted by Gasteiger charge is 2.21. The van der Waals surface area contributed by atoms with Crippen molar-refractivity contribution in [1.82, 2.24) is 15.5 Å². The Kier molecular flexibility index (Phi) is 6.02. The molecule has 1 aromatic rings. The minimum Gasteiger partial charge on any atom is -0.394 e. The monoisotopic (exact) mass is 291 g/mol. The summed E-state index contributed by atoms with van der Waals surface area (Å²) in [5.74, 6) is 0. The average molecular weight is 291 g/mol. The maximum atomic E-state index is 12.1. The van der Waals surface area contributed by atoms with E-state index in [-0.39, 0.29) is 24.7 Å². The molecule has 1 aliphatic heterocycles. The summed E-state index contributed by atoms with van der Waals surface area (Å²) in [6.45, 7) is 5.19. The van der Waals surface area contributed by atoms with Gasteiger partial charge in [0.1, 0.15) is 0 Å². The van der Waals surface area contributed by atoms with Gasteiger partial charge in [0.2, 0.25) is 0 Å². The number of nitrogens with zero attached hydrogens (tertiary/aromatic N) is 1. The van der Waals surface area contributed by atoms with Gasteiger partial charge in [0.05, 0.1) is 12.6 Å². The second-order valence-electron chi connectivity index (χ2n) is 5.47. The number of aliphatic hydroxyl groups excluding tert-OH is 1. The molecule has 0 bridgehead atoms. The van der Waals surface area contributed by atoms with Crippen LogP contribution < -0.4 is 10.6 Å². The van der Waals surface area contributed by atoms with E-state index in [9.17, 15) is 9.90 Å². The van der Waals surface area contributed by atoms with Crippen LogP contribution in [0.4, 0.5) is 4.79 Å². The van der Waals surface area contributed by atoms with Gasteiger partial charge in [-0.25, -0.2) is 4.79 Å². The van der Waals surface area contributed by atoms with Crippen LogP contribution in [0.2, 0.25) is 0 Å². The van der Waals surface area contributed by atoms with Crippen molar-refractivity contribution in [3.8, 4) is 0 Å². The van der Waals surface area contributed by atoms with Gasteiger partial charge in [0.15, 0.2) is 0 Å². The molecule has 1 fully saturated rings. The number of urea groups is 1. The summed E-state index contributed by atoms with van der Waals surface area (Å²) in [7, 11) is 0. The van der Waals surface area contributed by atoms with Crippen molar-refractivity contribution in [1.29, 1.82) is 0 Å². The highest BCUT2D eigenvalue weighted by molar-refractivity contribution is 5.74. The minimum atomic E-state index is -0.359. The van der Waals surface area contributed by atoms with E-state index in [4.69, 9.17) is 0 Å². The third-order valence-electron chi connectivity index (χ3n) is 4.06. The fourth-order valence-corrected chi connectivity index (χ4v) is 2.70. The molecule has 0 radical (unpaired) electrons. The number of likely N-dealkylation sites (tertiary alicyclic amines) is 1. The fourth-order valence-electron chi connectivity index (χ4n) is 2.70. The van der Waals surface area contributed by atoms with Gasteiger partial charge in [-0.3, -0.25) is 0 Å². The molecule has 0 saturated carbocycles. The van der Waals surface area contributed by atoms with E-state index >= 15 is 0 Å². The second kappa shape index (κ2) is 8.00. The number of hydrogen-bond acceptors (Lipinski definition) is 3. The van der Waals surface area contributed by atoms with E-state index in [0.717, 1.165) is 38.0 Å². The Labute approximate surface area is 126 Å². The van der Waals surface area contributed by atoms with E-state index in [1.165, 1.54) is 0 Å². The molecular formula is C16H25N3O2. The number of hydrogen-bond donors (Lipinski definition) is 3. The van der Waals surface area contributed by atoms with Crippen LogP contribution in [-0.4, -0.2) is 48.3 Å².